The molecule has 2 heterocycles. The summed E-state index contributed by atoms with van der Waals surface area (Å²) in [5, 5.41) is 3.26. The number of ether oxygens (including phenoxy) is 2. The topological polar surface area (TPSA) is 73.6 Å². The number of primary amides is 1. The quantitative estimate of drug-likeness (QED) is 0.701. The van der Waals surface area contributed by atoms with Gasteiger partial charge in [0.2, 0.25) is 5.91 Å². The van der Waals surface area contributed by atoms with E-state index in [4.69, 9.17) is 15.2 Å². The first-order valence-electron chi connectivity index (χ1n) is 5.88. The van der Waals surface area contributed by atoms with Crippen molar-refractivity contribution in [2.24, 2.45) is 5.73 Å². The predicted molar refractivity (Wildman–Crippen MR) is 58.9 cm³/mol. The highest BCUT2D eigenvalue weighted by Crippen LogP contribution is 2.32. The number of hydrogen-bond acceptors (Lipinski definition) is 4. The Balaban J connectivity index is 1.89. The van der Waals surface area contributed by atoms with Crippen molar-refractivity contribution in [1.29, 1.82) is 0 Å². The van der Waals surface area contributed by atoms with Crippen LogP contribution in [-0.4, -0.2) is 43.4 Å². The number of nitrogens with one attached hydrogen (secondary N) is 1. The van der Waals surface area contributed by atoms with Crippen molar-refractivity contribution < 1.29 is 14.3 Å². The largest absolute Gasteiger partial charge is 0.378 e. The van der Waals surface area contributed by atoms with E-state index in [-0.39, 0.29) is 17.6 Å². The van der Waals surface area contributed by atoms with Crippen molar-refractivity contribution >= 4 is 5.91 Å². The van der Waals surface area contributed by atoms with Crippen LogP contribution in [0, 0.1) is 0 Å². The summed E-state index contributed by atoms with van der Waals surface area (Å²) in [6.45, 7) is 3.98. The maximum Gasteiger partial charge on any atom is 0.234 e. The molecule has 1 spiro atoms. The number of hydrogen-bond donors (Lipinski definition) is 2. The molecule has 0 radical (unpaired) electrons. The van der Waals surface area contributed by atoms with Gasteiger partial charge in [-0.15, -0.1) is 0 Å². The maximum atomic E-state index is 11.0. The van der Waals surface area contributed by atoms with E-state index >= 15 is 0 Å². The molecule has 0 bridgehead atoms. The van der Waals surface area contributed by atoms with Crippen molar-refractivity contribution in [3.05, 3.63) is 0 Å². The molecule has 0 aromatic rings. The van der Waals surface area contributed by atoms with Gasteiger partial charge in [-0.2, -0.15) is 0 Å². The first-order chi connectivity index (χ1) is 7.61. The molecule has 0 aromatic heterocycles. The van der Waals surface area contributed by atoms with Crippen molar-refractivity contribution in [2.45, 2.75) is 43.9 Å². The minimum absolute atomic E-state index is 0.118. The molecule has 0 aliphatic carbocycles. The van der Waals surface area contributed by atoms with E-state index in [9.17, 15) is 4.79 Å². The smallest absolute Gasteiger partial charge is 0.234 e. The normalized spacial score (nSPS) is 36.4. The average molecular weight is 228 g/mol. The van der Waals surface area contributed by atoms with Crippen molar-refractivity contribution in [3.8, 4) is 0 Å². The molecule has 2 saturated heterocycles. The lowest BCUT2D eigenvalue weighted by Gasteiger charge is -2.38. The summed E-state index contributed by atoms with van der Waals surface area (Å²) in [6.07, 6.45) is 2.79. The van der Waals surface area contributed by atoms with Crippen LogP contribution in [-0.2, 0) is 14.3 Å². The number of rotatable bonds is 3. The first kappa shape index (κ1) is 11.8. The Morgan fingerprint density at radius 2 is 2.38 bits per heavy atom. The third-order valence-corrected chi connectivity index (χ3v) is 3.47. The molecule has 3 unspecified atom stereocenters. The molecule has 0 aromatic carbocycles. The maximum absolute atomic E-state index is 11.0. The summed E-state index contributed by atoms with van der Waals surface area (Å²) in [6, 6.07) is 0.0282. The van der Waals surface area contributed by atoms with Crippen LogP contribution in [0.25, 0.3) is 0 Å². The lowest BCUT2D eigenvalue weighted by Crippen LogP contribution is -2.52. The minimum atomic E-state index is -0.303. The second-order valence-corrected chi connectivity index (χ2v) is 4.81. The van der Waals surface area contributed by atoms with Gasteiger partial charge in [-0.1, -0.05) is 0 Å². The standard InChI is InChI=1S/C11H20N2O3/c1-8(10(12)14)13-9-2-4-16-11(6-9)3-5-15-7-11/h8-9,13H,2-7H2,1H3,(H2,12,14). The molecule has 1 amide bonds. The van der Waals surface area contributed by atoms with Crippen LogP contribution in [0.15, 0.2) is 0 Å². The van der Waals surface area contributed by atoms with Crippen LogP contribution < -0.4 is 11.1 Å². The van der Waals surface area contributed by atoms with E-state index in [2.05, 4.69) is 5.32 Å². The van der Waals surface area contributed by atoms with E-state index < -0.39 is 0 Å². The summed E-state index contributed by atoms with van der Waals surface area (Å²) >= 11 is 0. The van der Waals surface area contributed by atoms with Gasteiger partial charge in [0.05, 0.1) is 18.2 Å². The Bertz CT molecular complexity index is 264. The van der Waals surface area contributed by atoms with Crippen LogP contribution in [0.1, 0.15) is 26.2 Å². The van der Waals surface area contributed by atoms with Gasteiger partial charge in [-0.25, -0.2) is 0 Å². The number of carbonyl (C=O) groups excluding carboxylic acids is 1. The zero-order valence-corrected chi connectivity index (χ0v) is 9.70. The van der Waals surface area contributed by atoms with Gasteiger partial charge in [0.15, 0.2) is 0 Å². The van der Waals surface area contributed by atoms with Gasteiger partial charge >= 0.3 is 0 Å². The molecule has 92 valence electrons. The molecular weight excluding hydrogens is 208 g/mol. The highest BCUT2D eigenvalue weighted by molar-refractivity contribution is 5.79. The second kappa shape index (κ2) is 4.69. The molecule has 16 heavy (non-hydrogen) atoms. The fourth-order valence-electron chi connectivity index (χ4n) is 2.47. The zero-order chi connectivity index (χ0) is 11.6. The fourth-order valence-corrected chi connectivity index (χ4v) is 2.47. The Kier molecular flexibility index (Phi) is 3.47. The molecule has 2 fully saturated rings. The van der Waals surface area contributed by atoms with Crippen molar-refractivity contribution in [3.63, 3.8) is 0 Å². The molecule has 2 aliphatic heterocycles. The summed E-state index contributed by atoms with van der Waals surface area (Å²) in [7, 11) is 0. The third kappa shape index (κ3) is 2.53. The van der Waals surface area contributed by atoms with E-state index in [0.29, 0.717) is 12.6 Å². The average Bonchev–Trinajstić information content (AvgIpc) is 2.66. The highest BCUT2D eigenvalue weighted by Gasteiger charge is 2.41. The lowest BCUT2D eigenvalue weighted by molar-refractivity contribution is -0.121. The highest BCUT2D eigenvalue weighted by atomic mass is 16.6. The van der Waals surface area contributed by atoms with Crippen LogP contribution >= 0.6 is 0 Å². The van der Waals surface area contributed by atoms with Gasteiger partial charge in [-0.05, 0) is 19.8 Å². The monoisotopic (exact) mass is 228 g/mol. The van der Waals surface area contributed by atoms with E-state index in [1.54, 1.807) is 6.92 Å². The van der Waals surface area contributed by atoms with E-state index in [1.165, 1.54) is 0 Å². The summed E-state index contributed by atoms with van der Waals surface area (Å²) in [4.78, 5) is 11.0. The van der Waals surface area contributed by atoms with Crippen LogP contribution in [0.2, 0.25) is 0 Å². The Morgan fingerprint density at radius 3 is 3.00 bits per heavy atom. The van der Waals surface area contributed by atoms with Gasteiger partial charge in [0, 0.05) is 25.7 Å². The molecular formula is C11H20N2O3. The summed E-state index contributed by atoms with van der Waals surface area (Å²) in [5.41, 5.74) is 5.12. The van der Waals surface area contributed by atoms with Gasteiger partial charge in [-0.3, -0.25) is 4.79 Å². The lowest BCUT2D eigenvalue weighted by atomic mass is 9.89. The van der Waals surface area contributed by atoms with Gasteiger partial charge in [0.25, 0.3) is 0 Å². The molecule has 5 nitrogen and oxygen atoms in total. The molecule has 2 aliphatic rings. The van der Waals surface area contributed by atoms with Crippen LogP contribution in [0.4, 0.5) is 0 Å². The fraction of sp³-hybridized carbons (Fsp3) is 0.909. The van der Waals surface area contributed by atoms with Crippen LogP contribution in [0.3, 0.4) is 0 Å². The van der Waals surface area contributed by atoms with E-state index in [1.807, 2.05) is 0 Å². The number of amides is 1. The summed E-state index contributed by atoms with van der Waals surface area (Å²) < 4.78 is 11.2. The SMILES string of the molecule is CC(NC1CCOC2(CCOC2)C1)C(N)=O. The predicted octanol–water partition coefficient (Wildman–Crippen LogP) is -0.212. The number of carbonyl (C=O) groups is 1. The van der Waals surface area contributed by atoms with Crippen molar-refractivity contribution in [2.75, 3.05) is 19.8 Å². The second-order valence-electron chi connectivity index (χ2n) is 4.81. The Labute approximate surface area is 95.7 Å². The molecule has 3 atom stereocenters. The first-order valence-corrected chi connectivity index (χ1v) is 5.88. The molecule has 3 N–H and O–H groups in total. The zero-order valence-electron chi connectivity index (χ0n) is 9.70. The van der Waals surface area contributed by atoms with Gasteiger partial charge in [0.1, 0.15) is 0 Å². The Morgan fingerprint density at radius 1 is 1.56 bits per heavy atom. The van der Waals surface area contributed by atoms with Gasteiger partial charge < -0.3 is 20.5 Å². The summed E-state index contributed by atoms with van der Waals surface area (Å²) in [5.74, 6) is -0.303. The third-order valence-electron chi connectivity index (χ3n) is 3.47. The molecule has 2 rings (SSSR count). The minimum Gasteiger partial charge on any atom is -0.378 e. The number of nitrogens with two attached hydrogens (primary N) is 1. The molecule has 0 saturated carbocycles. The van der Waals surface area contributed by atoms with Crippen molar-refractivity contribution in [1.82, 2.24) is 5.32 Å². The molecule has 5 heteroatoms. The Hall–Kier alpha value is -0.650. The van der Waals surface area contributed by atoms with E-state index in [0.717, 1.165) is 32.5 Å². The van der Waals surface area contributed by atoms with Crippen LogP contribution in [0.5, 0.6) is 0 Å².